The molecule has 15 heteroatoms. The molecule has 0 saturated carbocycles. The number of carbonyl (C=O) groups is 4. The van der Waals surface area contributed by atoms with E-state index in [1.54, 1.807) is 72.8 Å². The Morgan fingerprint density at radius 2 is 0.873 bits per heavy atom. The normalized spacial score (nSPS) is 27.6. The number of aliphatic hydroxyl groups is 4. The lowest BCUT2D eigenvalue weighted by Gasteiger charge is -2.45. The third-order valence-corrected chi connectivity index (χ3v) is 8.85. The molecule has 0 radical (unpaired) electrons. The van der Waals surface area contributed by atoms with Gasteiger partial charge in [0.15, 0.2) is 30.9 Å². The summed E-state index contributed by atoms with van der Waals surface area (Å²) >= 11 is 0. The number of esters is 4. The lowest BCUT2D eigenvalue weighted by Crippen LogP contribution is -2.64. The van der Waals surface area contributed by atoms with Crippen LogP contribution in [0.3, 0.4) is 0 Å². The van der Waals surface area contributed by atoms with Crippen LogP contribution in [0.2, 0.25) is 0 Å². The van der Waals surface area contributed by atoms with Crippen LogP contribution in [0.4, 0.5) is 0 Å². The van der Waals surface area contributed by atoms with Crippen LogP contribution in [0.25, 0.3) is 0 Å². The maximum Gasteiger partial charge on any atom is 0.338 e. The van der Waals surface area contributed by atoms with Crippen LogP contribution < -0.4 is 0 Å². The molecule has 288 valence electrons. The largest absolute Gasteiger partial charge is 0.459 e. The summed E-state index contributed by atoms with van der Waals surface area (Å²) in [7, 11) is 0. The molecule has 2 heterocycles. The Morgan fingerprint density at radius 3 is 1.35 bits per heavy atom. The van der Waals surface area contributed by atoms with Crippen molar-refractivity contribution in [3.63, 3.8) is 0 Å². The number of rotatable bonds is 12. The Balaban J connectivity index is 1.39. The van der Waals surface area contributed by atoms with Gasteiger partial charge in [-0.15, -0.1) is 0 Å². The van der Waals surface area contributed by atoms with Crippen LogP contribution in [0.1, 0.15) is 41.4 Å². The Bertz CT molecular complexity index is 1880. The summed E-state index contributed by atoms with van der Waals surface area (Å²) in [6.07, 6.45) is -17.0. The van der Waals surface area contributed by atoms with Crippen LogP contribution in [0, 0.1) is 0 Å². The first-order valence-electron chi connectivity index (χ1n) is 17.3. The molecule has 0 amide bonds. The summed E-state index contributed by atoms with van der Waals surface area (Å²) in [5.74, 6) is -3.50. The van der Waals surface area contributed by atoms with E-state index in [1.807, 2.05) is 0 Å². The van der Waals surface area contributed by atoms with Crippen molar-refractivity contribution in [3.8, 4) is 0 Å². The first kappa shape index (κ1) is 39.2. The highest BCUT2D eigenvalue weighted by molar-refractivity contribution is 5.91. The summed E-state index contributed by atoms with van der Waals surface area (Å²) < 4.78 is 41.0. The van der Waals surface area contributed by atoms with Gasteiger partial charge in [0, 0.05) is 0 Å². The molecule has 6 rings (SSSR count). The quantitative estimate of drug-likeness (QED) is 0.120. The molecule has 2 saturated heterocycles. The van der Waals surface area contributed by atoms with E-state index in [2.05, 4.69) is 0 Å². The van der Waals surface area contributed by atoms with Crippen molar-refractivity contribution in [2.45, 2.75) is 61.4 Å². The Labute approximate surface area is 314 Å². The molecule has 4 N–H and O–H groups in total. The highest BCUT2D eigenvalue weighted by atomic mass is 16.7. The van der Waals surface area contributed by atoms with Crippen molar-refractivity contribution in [1.29, 1.82) is 0 Å². The second-order valence-corrected chi connectivity index (χ2v) is 12.6. The summed E-state index contributed by atoms with van der Waals surface area (Å²) in [5.41, 5.74) is 0.459. The molecule has 0 spiro atoms. The predicted molar refractivity (Wildman–Crippen MR) is 187 cm³/mol. The van der Waals surface area contributed by atoms with Gasteiger partial charge in [-0.05, 0) is 48.5 Å². The molecule has 4 aromatic carbocycles. The second kappa shape index (κ2) is 18.2. The minimum Gasteiger partial charge on any atom is -0.459 e. The minimum atomic E-state index is -1.91. The van der Waals surface area contributed by atoms with Crippen molar-refractivity contribution in [3.05, 3.63) is 144 Å². The fraction of sp³-hybridized carbons (Fsp3) is 0.300. The summed E-state index contributed by atoms with van der Waals surface area (Å²) in [5, 5.41) is 41.0. The first-order chi connectivity index (χ1) is 26.6. The fourth-order valence-corrected chi connectivity index (χ4v) is 5.92. The van der Waals surface area contributed by atoms with Gasteiger partial charge >= 0.3 is 23.9 Å². The van der Waals surface area contributed by atoms with Gasteiger partial charge < -0.3 is 53.6 Å². The Kier molecular flexibility index (Phi) is 13.0. The Hall–Kier alpha value is -5.52. The maximum atomic E-state index is 13.7. The number of hydrogen-bond acceptors (Lipinski definition) is 15. The summed E-state index contributed by atoms with van der Waals surface area (Å²) in [6, 6.07) is 31.4. The molecule has 0 aromatic heterocycles. The van der Waals surface area contributed by atoms with Crippen molar-refractivity contribution in [2.75, 3.05) is 13.2 Å². The number of aliphatic hydroxyl groups excluding tert-OH is 4. The zero-order chi connectivity index (χ0) is 38.9. The average molecular weight is 759 g/mol. The molecule has 2 fully saturated rings. The van der Waals surface area contributed by atoms with Crippen LogP contribution in [-0.4, -0.2) is 119 Å². The molecule has 0 bridgehead atoms. The van der Waals surface area contributed by atoms with Crippen LogP contribution in [-0.2, 0) is 33.2 Å². The van der Waals surface area contributed by atoms with Crippen molar-refractivity contribution < 1.29 is 72.8 Å². The van der Waals surface area contributed by atoms with Gasteiger partial charge in [-0.1, -0.05) is 72.8 Å². The topological polar surface area (TPSA) is 214 Å². The molecule has 0 aliphatic carbocycles. The monoisotopic (exact) mass is 758 g/mol. The van der Waals surface area contributed by atoms with Crippen molar-refractivity contribution >= 4 is 23.9 Å². The van der Waals surface area contributed by atoms with E-state index >= 15 is 0 Å². The molecule has 55 heavy (non-hydrogen) atoms. The molecular formula is C40H38O15. The molecule has 4 aromatic rings. The Morgan fingerprint density at radius 1 is 0.455 bits per heavy atom. The highest BCUT2D eigenvalue weighted by Gasteiger charge is 2.54. The van der Waals surface area contributed by atoms with E-state index in [-0.39, 0.29) is 22.3 Å². The number of benzene rings is 4. The third kappa shape index (κ3) is 9.59. The predicted octanol–water partition coefficient (Wildman–Crippen LogP) is 2.06. The van der Waals surface area contributed by atoms with Gasteiger partial charge in [0.25, 0.3) is 0 Å². The van der Waals surface area contributed by atoms with Crippen LogP contribution in [0.5, 0.6) is 0 Å². The van der Waals surface area contributed by atoms with E-state index in [4.69, 9.17) is 33.2 Å². The molecule has 1 unspecified atom stereocenters. The minimum absolute atomic E-state index is 0.0809. The zero-order valence-corrected chi connectivity index (χ0v) is 29.0. The zero-order valence-electron chi connectivity index (χ0n) is 29.0. The van der Waals surface area contributed by atoms with E-state index < -0.39 is 98.5 Å². The van der Waals surface area contributed by atoms with Gasteiger partial charge in [-0.3, -0.25) is 0 Å². The van der Waals surface area contributed by atoms with Crippen LogP contribution in [0.15, 0.2) is 121 Å². The number of hydrogen-bond donors (Lipinski definition) is 4. The molecule has 10 atom stereocenters. The van der Waals surface area contributed by atoms with Gasteiger partial charge in [0.05, 0.1) is 28.9 Å². The van der Waals surface area contributed by atoms with Crippen LogP contribution >= 0.6 is 0 Å². The van der Waals surface area contributed by atoms with Gasteiger partial charge in [0.1, 0.15) is 37.1 Å². The molecule has 15 nitrogen and oxygen atoms in total. The van der Waals surface area contributed by atoms with Gasteiger partial charge in [-0.25, -0.2) is 19.2 Å². The van der Waals surface area contributed by atoms with E-state index in [0.717, 1.165) is 0 Å². The van der Waals surface area contributed by atoms with Gasteiger partial charge in [-0.2, -0.15) is 0 Å². The standard InChI is InChI=1S/C40H38O15/c41-29-27(51-39(48)31(43)30(29)42)21-50-40-34(55-38(47)26-19-11-4-12-20-26)33(54-37(46)25-17-9-3-10-18-25)32(53-36(45)24-15-7-2-8-16-24)28(52-40)22-49-35(44)23-13-5-1-6-14-23/h1-20,27-34,39-43,48H,21-22H2/t27-,28-,29-,30+,31-,32-,33+,34+,39?,40+/m1/s1. The summed E-state index contributed by atoms with van der Waals surface area (Å²) in [4.78, 5) is 54.1. The number of carbonyl (C=O) groups excluding carboxylic acids is 4. The molecular weight excluding hydrogens is 720 g/mol. The lowest BCUT2D eigenvalue weighted by atomic mass is 9.97. The third-order valence-electron chi connectivity index (χ3n) is 8.85. The van der Waals surface area contributed by atoms with Gasteiger partial charge in [0.2, 0.25) is 0 Å². The molecule has 2 aliphatic heterocycles. The van der Waals surface area contributed by atoms with E-state index in [9.17, 15) is 39.6 Å². The second-order valence-electron chi connectivity index (χ2n) is 12.6. The maximum absolute atomic E-state index is 13.7. The highest BCUT2D eigenvalue weighted by Crippen LogP contribution is 2.32. The van der Waals surface area contributed by atoms with Crippen molar-refractivity contribution in [2.24, 2.45) is 0 Å². The van der Waals surface area contributed by atoms with Crippen molar-refractivity contribution in [1.82, 2.24) is 0 Å². The SMILES string of the molecule is O=C(OC[C@H]1O[C@H](OC[C@H]2OC(O)[C@H](O)[C@@H](O)[C@@H]2O)[C@@H](OC(=O)c2ccccc2)[C@@H](OC(=O)c2ccccc2)[C@@H]1OC(=O)c1ccccc1)c1ccccc1. The molecule has 2 aliphatic rings. The smallest absolute Gasteiger partial charge is 0.338 e. The summed E-state index contributed by atoms with van der Waals surface area (Å²) in [6.45, 7) is -1.26. The van der Waals surface area contributed by atoms with E-state index in [0.29, 0.717) is 0 Å². The fourth-order valence-electron chi connectivity index (χ4n) is 5.92. The average Bonchev–Trinajstić information content (AvgIpc) is 3.22. The van der Waals surface area contributed by atoms with E-state index in [1.165, 1.54) is 48.5 Å². The lowest BCUT2D eigenvalue weighted by molar-refractivity contribution is -0.324. The first-order valence-corrected chi connectivity index (χ1v) is 17.3. The number of ether oxygens (including phenoxy) is 7.